The molecule has 0 atom stereocenters. The van der Waals surface area contributed by atoms with Crippen LogP contribution in [-0.4, -0.2) is 23.2 Å². The Morgan fingerprint density at radius 2 is 1.59 bits per heavy atom. The Labute approximate surface area is 97.6 Å². The first-order valence-electron chi connectivity index (χ1n) is 4.78. The van der Waals surface area contributed by atoms with Crippen LogP contribution in [0.4, 0.5) is 17.1 Å². The van der Waals surface area contributed by atoms with E-state index >= 15 is 0 Å². The molecule has 0 aliphatic carbocycles. The number of nitrogens with zero attached hydrogens (tertiary/aromatic N) is 1. The third kappa shape index (κ3) is 3.56. The molecule has 3 amide bonds. The van der Waals surface area contributed by atoms with Crippen LogP contribution in [0.2, 0.25) is 0 Å². The monoisotopic (exact) mass is 236 g/mol. The van der Waals surface area contributed by atoms with Crippen LogP contribution in [0.15, 0.2) is 12.4 Å². The molecule has 0 aliphatic rings. The van der Waals surface area contributed by atoms with Crippen molar-refractivity contribution in [3.8, 4) is 0 Å². The molecular formula is C10H12N4O3. The van der Waals surface area contributed by atoms with Gasteiger partial charge in [0.2, 0.25) is 18.2 Å². The maximum Gasteiger partial charge on any atom is 0.221 e. The van der Waals surface area contributed by atoms with Crippen molar-refractivity contribution in [2.75, 3.05) is 16.0 Å². The number of hydrogen-bond donors (Lipinski definition) is 3. The van der Waals surface area contributed by atoms with Crippen LogP contribution < -0.4 is 16.0 Å². The first-order chi connectivity index (χ1) is 8.04. The molecule has 3 N–H and O–H groups in total. The highest BCUT2D eigenvalue weighted by atomic mass is 16.2. The Kier molecular flexibility index (Phi) is 4.15. The second kappa shape index (κ2) is 5.59. The van der Waals surface area contributed by atoms with Crippen molar-refractivity contribution in [3.05, 3.63) is 12.4 Å². The topological polar surface area (TPSA) is 100 Å². The third-order valence-corrected chi connectivity index (χ3v) is 1.77. The van der Waals surface area contributed by atoms with Gasteiger partial charge in [-0.2, -0.15) is 0 Å². The van der Waals surface area contributed by atoms with Crippen molar-refractivity contribution in [3.63, 3.8) is 0 Å². The number of anilines is 3. The average Bonchev–Trinajstić information content (AvgIpc) is 2.21. The van der Waals surface area contributed by atoms with E-state index in [4.69, 9.17) is 0 Å². The van der Waals surface area contributed by atoms with Crippen LogP contribution in [0, 0.1) is 0 Å². The number of rotatable bonds is 4. The van der Waals surface area contributed by atoms with Crippen molar-refractivity contribution in [2.45, 2.75) is 13.8 Å². The SMILES string of the molecule is CC(=O)Nc1cncc(NC(C)=O)c1NC=O. The molecule has 0 spiro atoms. The molecule has 0 aliphatic heterocycles. The Bertz CT molecular complexity index is 425. The molecule has 0 bridgehead atoms. The zero-order chi connectivity index (χ0) is 12.8. The van der Waals surface area contributed by atoms with E-state index in [1.165, 1.54) is 26.2 Å². The lowest BCUT2D eigenvalue weighted by molar-refractivity contribution is -0.115. The van der Waals surface area contributed by atoms with Gasteiger partial charge >= 0.3 is 0 Å². The zero-order valence-electron chi connectivity index (χ0n) is 9.40. The molecule has 1 aromatic rings. The minimum Gasteiger partial charge on any atom is -0.325 e. The van der Waals surface area contributed by atoms with Gasteiger partial charge in [-0.1, -0.05) is 0 Å². The summed E-state index contributed by atoms with van der Waals surface area (Å²) in [7, 11) is 0. The number of nitrogens with one attached hydrogen (secondary N) is 3. The second-order valence-electron chi connectivity index (χ2n) is 3.23. The molecule has 0 unspecified atom stereocenters. The van der Waals surface area contributed by atoms with Crippen LogP contribution in [-0.2, 0) is 14.4 Å². The Balaban J connectivity index is 3.15. The molecule has 0 aromatic carbocycles. The molecule has 90 valence electrons. The maximum atomic E-state index is 11.0. The summed E-state index contributed by atoms with van der Waals surface area (Å²) in [6, 6.07) is 0. The predicted octanol–water partition coefficient (Wildman–Crippen LogP) is 0.567. The summed E-state index contributed by atoms with van der Waals surface area (Å²) in [6.45, 7) is 2.66. The highest BCUT2D eigenvalue weighted by Crippen LogP contribution is 2.28. The molecule has 0 fully saturated rings. The normalized spacial score (nSPS) is 9.29. The summed E-state index contributed by atoms with van der Waals surface area (Å²) in [6.07, 6.45) is 3.20. The van der Waals surface area contributed by atoms with Crippen LogP contribution >= 0.6 is 0 Å². The Hall–Kier alpha value is -2.44. The Morgan fingerprint density at radius 3 is 1.94 bits per heavy atom. The van der Waals surface area contributed by atoms with Crippen LogP contribution in [0.1, 0.15) is 13.8 Å². The molecule has 7 nitrogen and oxygen atoms in total. The lowest BCUT2D eigenvalue weighted by Gasteiger charge is -2.13. The molecule has 0 radical (unpaired) electrons. The number of carbonyl (C=O) groups excluding carboxylic acids is 3. The molecule has 1 heterocycles. The lowest BCUT2D eigenvalue weighted by atomic mass is 10.3. The smallest absolute Gasteiger partial charge is 0.221 e. The van der Waals surface area contributed by atoms with Gasteiger partial charge in [0.05, 0.1) is 29.5 Å². The molecule has 1 rings (SSSR count). The van der Waals surface area contributed by atoms with Gasteiger partial charge in [0.15, 0.2) is 0 Å². The first-order valence-corrected chi connectivity index (χ1v) is 4.78. The van der Waals surface area contributed by atoms with Gasteiger partial charge in [0, 0.05) is 13.8 Å². The van der Waals surface area contributed by atoms with Gasteiger partial charge in [-0.3, -0.25) is 19.4 Å². The van der Waals surface area contributed by atoms with E-state index in [2.05, 4.69) is 20.9 Å². The summed E-state index contributed by atoms with van der Waals surface area (Å²) in [4.78, 5) is 36.3. The van der Waals surface area contributed by atoms with Crippen LogP contribution in [0.5, 0.6) is 0 Å². The summed E-state index contributed by atoms with van der Waals surface area (Å²) >= 11 is 0. The van der Waals surface area contributed by atoms with Crippen molar-refractivity contribution in [2.24, 2.45) is 0 Å². The van der Waals surface area contributed by atoms with E-state index in [0.717, 1.165) is 0 Å². The molecule has 7 heteroatoms. The van der Waals surface area contributed by atoms with Gasteiger partial charge in [-0.15, -0.1) is 0 Å². The quantitative estimate of drug-likeness (QED) is 0.665. The lowest BCUT2D eigenvalue weighted by Crippen LogP contribution is -2.13. The van der Waals surface area contributed by atoms with Crippen molar-refractivity contribution in [1.82, 2.24) is 4.98 Å². The molecule has 1 aromatic heterocycles. The molecular weight excluding hydrogens is 224 g/mol. The standard InChI is InChI=1S/C10H12N4O3/c1-6(16)13-8-3-11-4-9(14-7(2)17)10(8)12-5-15/h3-5H,1-2H3,(H,13,16)(H,14,17)(H,11,12,15). The minimum absolute atomic E-state index is 0.292. The third-order valence-electron chi connectivity index (χ3n) is 1.77. The summed E-state index contributed by atoms with van der Waals surface area (Å²) in [5.74, 6) is -0.610. The number of pyridine rings is 1. The van der Waals surface area contributed by atoms with Crippen LogP contribution in [0.25, 0.3) is 0 Å². The number of carbonyl (C=O) groups is 3. The zero-order valence-corrected chi connectivity index (χ0v) is 9.40. The first kappa shape index (κ1) is 12.6. The molecule has 17 heavy (non-hydrogen) atoms. The number of aromatic nitrogens is 1. The van der Waals surface area contributed by atoms with Gasteiger partial charge in [0.25, 0.3) is 0 Å². The minimum atomic E-state index is -0.305. The summed E-state index contributed by atoms with van der Waals surface area (Å²) in [5, 5.41) is 7.40. The summed E-state index contributed by atoms with van der Waals surface area (Å²) < 4.78 is 0. The largest absolute Gasteiger partial charge is 0.325 e. The van der Waals surface area contributed by atoms with Gasteiger partial charge in [-0.25, -0.2) is 0 Å². The van der Waals surface area contributed by atoms with Gasteiger partial charge in [-0.05, 0) is 0 Å². The van der Waals surface area contributed by atoms with E-state index < -0.39 is 0 Å². The fourth-order valence-corrected chi connectivity index (χ4v) is 1.24. The van der Waals surface area contributed by atoms with Crippen molar-refractivity contribution in [1.29, 1.82) is 0 Å². The number of hydrogen-bond acceptors (Lipinski definition) is 4. The average molecular weight is 236 g/mol. The van der Waals surface area contributed by atoms with Gasteiger partial charge in [0.1, 0.15) is 0 Å². The highest BCUT2D eigenvalue weighted by Gasteiger charge is 2.10. The number of amides is 3. The van der Waals surface area contributed by atoms with Crippen molar-refractivity contribution >= 4 is 35.3 Å². The molecule has 0 saturated heterocycles. The van der Waals surface area contributed by atoms with E-state index in [1.807, 2.05) is 0 Å². The highest BCUT2D eigenvalue weighted by molar-refractivity contribution is 6.01. The van der Waals surface area contributed by atoms with E-state index in [0.29, 0.717) is 23.5 Å². The van der Waals surface area contributed by atoms with E-state index in [1.54, 1.807) is 0 Å². The van der Waals surface area contributed by atoms with E-state index in [-0.39, 0.29) is 11.8 Å². The maximum absolute atomic E-state index is 11.0. The molecule has 0 saturated carbocycles. The van der Waals surface area contributed by atoms with Gasteiger partial charge < -0.3 is 16.0 Å². The second-order valence-corrected chi connectivity index (χ2v) is 3.23. The van der Waals surface area contributed by atoms with Crippen LogP contribution in [0.3, 0.4) is 0 Å². The predicted molar refractivity (Wildman–Crippen MR) is 62.5 cm³/mol. The van der Waals surface area contributed by atoms with E-state index in [9.17, 15) is 14.4 Å². The van der Waals surface area contributed by atoms with Crippen molar-refractivity contribution < 1.29 is 14.4 Å². The Morgan fingerprint density at radius 1 is 1.12 bits per heavy atom. The summed E-state index contributed by atoms with van der Waals surface area (Å²) in [5.41, 5.74) is 0.923. The fraction of sp³-hybridized carbons (Fsp3) is 0.200. The fourth-order valence-electron chi connectivity index (χ4n) is 1.24.